The van der Waals surface area contributed by atoms with E-state index in [-0.39, 0.29) is 0 Å². The third kappa shape index (κ3) is 2.47. The standard InChI is InChI=1S/C15H20N2/c1-10(2)14(8-16)12-4-5-15-13(7-12)6-11(3)9-17-15/h4-7,9-10,14H,8,16H2,1-3H3. The van der Waals surface area contributed by atoms with Gasteiger partial charge in [-0.1, -0.05) is 19.9 Å². The zero-order chi connectivity index (χ0) is 12.4. The molecule has 2 rings (SSSR count). The van der Waals surface area contributed by atoms with Gasteiger partial charge >= 0.3 is 0 Å². The van der Waals surface area contributed by atoms with Gasteiger partial charge in [-0.25, -0.2) is 0 Å². The number of benzene rings is 1. The minimum atomic E-state index is 0.430. The molecule has 2 nitrogen and oxygen atoms in total. The smallest absolute Gasteiger partial charge is 0.0702 e. The van der Waals surface area contributed by atoms with Crippen LogP contribution in [0.25, 0.3) is 10.9 Å². The molecule has 0 fully saturated rings. The molecule has 17 heavy (non-hydrogen) atoms. The maximum atomic E-state index is 5.86. The fraction of sp³-hybridized carbons (Fsp3) is 0.400. The van der Waals surface area contributed by atoms with Crippen molar-refractivity contribution in [2.75, 3.05) is 6.54 Å². The maximum Gasteiger partial charge on any atom is 0.0702 e. The van der Waals surface area contributed by atoms with Crippen LogP contribution in [-0.4, -0.2) is 11.5 Å². The Balaban J connectivity index is 2.49. The summed E-state index contributed by atoms with van der Waals surface area (Å²) in [5.41, 5.74) is 9.44. The largest absolute Gasteiger partial charge is 0.330 e. The van der Waals surface area contributed by atoms with Crippen LogP contribution >= 0.6 is 0 Å². The van der Waals surface area contributed by atoms with Gasteiger partial charge in [-0.15, -0.1) is 0 Å². The number of aromatic nitrogens is 1. The first-order valence-electron chi connectivity index (χ1n) is 6.18. The van der Waals surface area contributed by atoms with E-state index in [1.54, 1.807) is 0 Å². The number of rotatable bonds is 3. The van der Waals surface area contributed by atoms with Crippen molar-refractivity contribution in [3.8, 4) is 0 Å². The average molecular weight is 228 g/mol. The van der Waals surface area contributed by atoms with Gasteiger partial charge in [-0.2, -0.15) is 0 Å². The van der Waals surface area contributed by atoms with Crippen LogP contribution in [0, 0.1) is 12.8 Å². The number of pyridine rings is 1. The molecule has 1 heterocycles. The van der Waals surface area contributed by atoms with Gasteiger partial charge in [0.25, 0.3) is 0 Å². The molecule has 0 aliphatic carbocycles. The zero-order valence-corrected chi connectivity index (χ0v) is 10.8. The molecule has 1 aromatic heterocycles. The normalized spacial score (nSPS) is 13.2. The Kier molecular flexibility index (Phi) is 3.43. The summed E-state index contributed by atoms with van der Waals surface area (Å²) in [6, 6.07) is 8.66. The Bertz CT molecular complexity index is 517. The molecule has 0 spiro atoms. The molecule has 0 saturated carbocycles. The molecule has 0 radical (unpaired) electrons. The second kappa shape index (κ2) is 4.84. The molecule has 2 heteroatoms. The van der Waals surface area contributed by atoms with Crippen molar-refractivity contribution in [3.05, 3.63) is 41.6 Å². The van der Waals surface area contributed by atoms with E-state index in [4.69, 9.17) is 5.73 Å². The number of aryl methyl sites for hydroxylation is 1. The lowest BCUT2D eigenvalue weighted by molar-refractivity contribution is 0.507. The summed E-state index contributed by atoms with van der Waals surface area (Å²) >= 11 is 0. The summed E-state index contributed by atoms with van der Waals surface area (Å²) in [7, 11) is 0. The second-order valence-electron chi connectivity index (χ2n) is 5.05. The van der Waals surface area contributed by atoms with Crippen LogP contribution in [0.3, 0.4) is 0 Å². The van der Waals surface area contributed by atoms with Crippen molar-refractivity contribution < 1.29 is 0 Å². The lowest BCUT2D eigenvalue weighted by Gasteiger charge is -2.19. The minimum absolute atomic E-state index is 0.430. The molecule has 1 unspecified atom stereocenters. The Morgan fingerprint density at radius 2 is 2.00 bits per heavy atom. The number of hydrogen-bond donors (Lipinski definition) is 1. The highest BCUT2D eigenvalue weighted by Crippen LogP contribution is 2.26. The van der Waals surface area contributed by atoms with Crippen molar-refractivity contribution in [1.82, 2.24) is 4.98 Å². The highest BCUT2D eigenvalue weighted by molar-refractivity contribution is 5.79. The van der Waals surface area contributed by atoms with Crippen LogP contribution in [0.15, 0.2) is 30.5 Å². The van der Waals surface area contributed by atoms with Crippen LogP contribution in [0.4, 0.5) is 0 Å². The fourth-order valence-corrected chi connectivity index (χ4v) is 2.28. The van der Waals surface area contributed by atoms with Crippen LogP contribution < -0.4 is 5.73 Å². The second-order valence-corrected chi connectivity index (χ2v) is 5.05. The van der Waals surface area contributed by atoms with Crippen molar-refractivity contribution in [1.29, 1.82) is 0 Å². The SMILES string of the molecule is Cc1cnc2ccc(C(CN)C(C)C)cc2c1. The molecule has 0 aliphatic heterocycles. The minimum Gasteiger partial charge on any atom is -0.330 e. The number of hydrogen-bond acceptors (Lipinski definition) is 2. The van der Waals surface area contributed by atoms with E-state index < -0.39 is 0 Å². The predicted octanol–water partition coefficient (Wildman–Crippen LogP) is 3.24. The first-order chi connectivity index (χ1) is 8.11. The van der Waals surface area contributed by atoms with E-state index in [1.807, 2.05) is 6.20 Å². The van der Waals surface area contributed by atoms with Crippen molar-refractivity contribution in [2.45, 2.75) is 26.7 Å². The van der Waals surface area contributed by atoms with Crippen LogP contribution in [0.1, 0.15) is 30.9 Å². The molecular weight excluding hydrogens is 208 g/mol. The van der Waals surface area contributed by atoms with E-state index in [1.165, 1.54) is 16.5 Å². The molecular formula is C15H20N2. The van der Waals surface area contributed by atoms with E-state index in [2.05, 4.69) is 50.0 Å². The third-order valence-electron chi connectivity index (χ3n) is 3.33. The molecule has 2 aromatic rings. The fourth-order valence-electron chi connectivity index (χ4n) is 2.28. The van der Waals surface area contributed by atoms with Gasteiger partial charge in [0.1, 0.15) is 0 Å². The van der Waals surface area contributed by atoms with Crippen molar-refractivity contribution >= 4 is 10.9 Å². The van der Waals surface area contributed by atoms with Gasteiger partial charge in [-0.3, -0.25) is 4.98 Å². The summed E-state index contributed by atoms with van der Waals surface area (Å²) in [4.78, 5) is 4.42. The number of fused-ring (bicyclic) bond motifs is 1. The summed E-state index contributed by atoms with van der Waals surface area (Å²) in [6.07, 6.45) is 1.91. The topological polar surface area (TPSA) is 38.9 Å². The molecule has 90 valence electrons. The Morgan fingerprint density at radius 3 is 2.65 bits per heavy atom. The molecule has 0 amide bonds. The Morgan fingerprint density at radius 1 is 1.24 bits per heavy atom. The molecule has 1 aromatic carbocycles. The zero-order valence-electron chi connectivity index (χ0n) is 10.8. The summed E-state index contributed by atoms with van der Waals surface area (Å²) in [6.45, 7) is 7.21. The maximum absolute atomic E-state index is 5.86. The van der Waals surface area contributed by atoms with E-state index in [9.17, 15) is 0 Å². The van der Waals surface area contributed by atoms with Gasteiger partial charge in [-0.05, 0) is 54.6 Å². The monoisotopic (exact) mass is 228 g/mol. The lowest BCUT2D eigenvalue weighted by Crippen LogP contribution is -2.17. The molecule has 0 saturated heterocycles. The van der Waals surface area contributed by atoms with E-state index in [0.717, 1.165) is 5.52 Å². The van der Waals surface area contributed by atoms with Crippen LogP contribution in [-0.2, 0) is 0 Å². The molecule has 0 aliphatic rings. The molecule has 2 N–H and O–H groups in total. The first-order valence-corrected chi connectivity index (χ1v) is 6.18. The van der Waals surface area contributed by atoms with Gasteiger partial charge in [0.05, 0.1) is 5.52 Å². The van der Waals surface area contributed by atoms with Gasteiger partial charge < -0.3 is 5.73 Å². The molecule has 0 bridgehead atoms. The van der Waals surface area contributed by atoms with Crippen molar-refractivity contribution in [3.63, 3.8) is 0 Å². The van der Waals surface area contributed by atoms with Gasteiger partial charge in [0.2, 0.25) is 0 Å². The third-order valence-corrected chi connectivity index (χ3v) is 3.33. The summed E-state index contributed by atoms with van der Waals surface area (Å²) < 4.78 is 0. The number of nitrogens with two attached hydrogens (primary N) is 1. The molecule has 1 atom stereocenters. The van der Waals surface area contributed by atoms with Gasteiger partial charge in [0, 0.05) is 11.6 Å². The Labute approximate surface area is 103 Å². The lowest BCUT2D eigenvalue weighted by atomic mass is 9.88. The predicted molar refractivity (Wildman–Crippen MR) is 73.1 cm³/mol. The average Bonchev–Trinajstić information content (AvgIpc) is 2.29. The van der Waals surface area contributed by atoms with Crippen LogP contribution in [0.2, 0.25) is 0 Å². The summed E-state index contributed by atoms with van der Waals surface area (Å²) in [5, 5.41) is 1.21. The van der Waals surface area contributed by atoms with Crippen molar-refractivity contribution in [2.24, 2.45) is 11.7 Å². The van der Waals surface area contributed by atoms with Crippen LogP contribution in [0.5, 0.6) is 0 Å². The van der Waals surface area contributed by atoms with Gasteiger partial charge in [0.15, 0.2) is 0 Å². The van der Waals surface area contributed by atoms with E-state index >= 15 is 0 Å². The highest BCUT2D eigenvalue weighted by atomic mass is 14.6. The number of nitrogens with zero attached hydrogens (tertiary/aromatic N) is 1. The quantitative estimate of drug-likeness (QED) is 0.876. The highest BCUT2D eigenvalue weighted by Gasteiger charge is 2.14. The van der Waals surface area contributed by atoms with E-state index in [0.29, 0.717) is 18.4 Å². The summed E-state index contributed by atoms with van der Waals surface area (Å²) in [5.74, 6) is 0.995. The first kappa shape index (κ1) is 12.1. The Hall–Kier alpha value is -1.41.